The monoisotopic (exact) mass is 378 g/mol. The van der Waals surface area contributed by atoms with Crippen molar-refractivity contribution in [3.8, 4) is 0 Å². The van der Waals surface area contributed by atoms with E-state index in [0.29, 0.717) is 11.3 Å². The Morgan fingerprint density at radius 2 is 2.04 bits per heavy atom. The van der Waals surface area contributed by atoms with Crippen LogP contribution >= 0.6 is 0 Å². The Morgan fingerprint density at radius 1 is 1.25 bits per heavy atom. The van der Waals surface area contributed by atoms with Crippen LogP contribution in [0, 0.1) is 0 Å². The number of methoxy groups -OCH3 is 1. The predicted octanol–water partition coefficient (Wildman–Crippen LogP) is 3.05. The van der Waals surface area contributed by atoms with E-state index in [-0.39, 0.29) is 24.5 Å². The molecule has 1 unspecified atom stereocenters. The van der Waals surface area contributed by atoms with Crippen LogP contribution in [-0.2, 0) is 9.53 Å². The molecule has 1 aliphatic rings. The van der Waals surface area contributed by atoms with Gasteiger partial charge in [-0.1, -0.05) is 24.3 Å². The first-order chi connectivity index (χ1) is 13.6. The molecule has 142 valence electrons. The van der Waals surface area contributed by atoms with Gasteiger partial charge in [-0.25, -0.2) is 0 Å². The third kappa shape index (κ3) is 2.95. The van der Waals surface area contributed by atoms with E-state index >= 15 is 0 Å². The van der Waals surface area contributed by atoms with Crippen LogP contribution in [0.1, 0.15) is 22.3 Å². The summed E-state index contributed by atoms with van der Waals surface area (Å²) in [5.74, 6) is -1.70. The number of ether oxygens (including phenoxy) is 1. The zero-order valence-corrected chi connectivity index (χ0v) is 15.2. The molecule has 2 aromatic heterocycles. The topological polar surface area (TPSA) is 92.9 Å². The Bertz CT molecular complexity index is 1040. The second-order valence-corrected chi connectivity index (χ2v) is 6.39. The van der Waals surface area contributed by atoms with Gasteiger partial charge in [0.25, 0.3) is 5.91 Å². The number of aliphatic hydroxyl groups is 1. The minimum absolute atomic E-state index is 0.0427. The number of ketones is 1. The number of pyridine rings is 1. The van der Waals surface area contributed by atoms with Crippen LogP contribution in [0.3, 0.4) is 0 Å². The fourth-order valence-corrected chi connectivity index (χ4v) is 3.38. The number of hydrogen-bond donors (Lipinski definition) is 1. The number of carbonyl (C=O) groups excluding carboxylic acids is 2. The quantitative estimate of drug-likeness (QED) is 0.663. The summed E-state index contributed by atoms with van der Waals surface area (Å²) < 4.78 is 10.7. The SMILES string of the molecule is COCCN1C(=O)C(O)=C(C(=O)c2cc3ccccc3o2)C1c1ccccn1. The zero-order chi connectivity index (χ0) is 19.7. The van der Waals surface area contributed by atoms with E-state index in [0.717, 1.165) is 5.39 Å². The molecule has 1 aliphatic heterocycles. The highest BCUT2D eigenvalue weighted by Gasteiger charge is 2.45. The molecule has 0 saturated heterocycles. The average molecular weight is 378 g/mol. The van der Waals surface area contributed by atoms with Crippen molar-refractivity contribution < 1.29 is 23.8 Å². The number of aliphatic hydroxyl groups excluding tert-OH is 1. The lowest BCUT2D eigenvalue weighted by atomic mass is 9.98. The Labute approximate surface area is 160 Å². The summed E-state index contributed by atoms with van der Waals surface area (Å²) in [6.45, 7) is 0.464. The van der Waals surface area contributed by atoms with Crippen molar-refractivity contribution in [1.82, 2.24) is 9.88 Å². The van der Waals surface area contributed by atoms with Gasteiger partial charge in [0.05, 0.1) is 17.9 Å². The molecule has 0 bridgehead atoms. The van der Waals surface area contributed by atoms with Crippen molar-refractivity contribution >= 4 is 22.7 Å². The summed E-state index contributed by atoms with van der Waals surface area (Å²) in [5, 5.41) is 11.3. The van der Waals surface area contributed by atoms with Crippen LogP contribution in [0.25, 0.3) is 11.0 Å². The number of para-hydroxylation sites is 1. The van der Waals surface area contributed by atoms with Crippen LogP contribution < -0.4 is 0 Å². The van der Waals surface area contributed by atoms with E-state index in [1.807, 2.05) is 12.1 Å². The molecule has 3 aromatic rings. The number of furan rings is 1. The number of benzene rings is 1. The van der Waals surface area contributed by atoms with Crippen molar-refractivity contribution in [2.24, 2.45) is 0 Å². The minimum Gasteiger partial charge on any atom is -0.503 e. The van der Waals surface area contributed by atoms with Crippen molar-refractivity contribution in [2.45, 2.75) is 6.04 Å². The van der Waals surface area contributed by atoms with Gasteiger partial charge >= 0.3 is 0 Å². The minimum atomic E-state index is -0.815. The number of Topliss-reactive ketones (excluding diaryl/α,β-unsaturated/α-hetero) is 1. The van der Waals surface area contributed by atoms with Gasteiger partial charge in [0.1, 0.15) is 11.6 Å². The first-order valence-corrected chi connectivity index (χ1v) is 8.79. The maximum atomic E-state index is 13.2. The summed E-state index contributed by atoms with van der Waals surface area (Å²) in [4.78, 5) is 31.6. The largest absolute Gasteiger partial charge is 0.503 e. The van der Waals surface area contributed by atoms with Crippen LogP contribution in [-0.4, -0.2) is 46.9 Å². The highest BCUT2D eigenvalue weighted by Crippen LogP contribution is 2.38. The summed E-state index contributed by atoms with van der Waals surface area (Å²) in [7, 11) is 1.52. The summed E-state index contributed by atoms with van der Waals surface area (Å²) in [5.41, 5.74) is 0.996. The molecule has 4 rings (SSSR count). The average Bonchev–Trinajstić information content (AvgIpc) is 3.26. The summed E-state index contributed by atoms with van der Waals surface area (Å²) in [6, 6.07) is 13.2. The molecule has 1 atom stereocenters. The molecule has 1 aromatic carbocycles. The Hall–Kier alpha value is -3.45. The number of nitrogens with zero attached hydrogens (tertiary/aromatic N) is 2. The molecule has 7 nitrogen and oxygen atoms in total. The lowest BCUT2D eigenvalue weighted by Gasteiger charge is -2.25. The summed E-state index contributed by atoms with van der Waals surface area (Å²) in [6.07, 6.45) is 1.58. The van der Waals surface area contributed by atoms with Gasteiger partial charge in [-0.05, 0) is 24.3 Å². The summed E-state index contributed by atoms with van der Waals surface area (Å²) >= 11 is 0. The van der Waals surface area contributed by atoms with Gasteiger partial charge in [-0.15, -0.1) is 0 Å². The first kappa shape index (κ1) is 17.9. The third-order valence-corrected chi connectivity index (χ3v) is 4.70. The highest BCUT2D eigenvalue weighted by atomic mass is 16.5. The number of carbonyl (C=O) groups is 2. The molecular formula is C21H18N2O5. The van der Waals surface area contributed by atoms with Gasteiger partial charge in [-0.3, -0.25) is 14.6 Å². The highest BCUT2D eigenvalue weighted by molar-refractivity contribution is 6.15. The fourth-order valence-electron chi connectivity index (χ4n) is 3.38. The number of fused-ring (bicyclic) bond motifs is 1. The van der Waals surface area contributed by atoms with Crippen molar-refractivity contribution in [2.75, 3.05) is 20.3 Å². The van der Waals surface area contributed by atoms with Crippen LogP contribution in [0.4, 0.5) is 0 Å². The van der Waals surface area contributed by atoms with Gasteiger partial charge in [0, 0.05) is 25.2 Å². The van der Waals surface area contributed by atoms with Crippen LogP contribution in [0.5, 0.6) is 0 Å². The molecule has 3 heterocycles. The molecular weight excluding hydrogens is 360 g/mol. The normalized spacial score (nSPS) is 17.0. The molecule has 0 aliphatic carbocycles. The predicted molar refractivity (Wildman–Crippen MR) is 101 cm³/mol. The zero-order valence-electron chi connectivity index (χ0n) is 15.2. The standard InChI is InChI=1S/C21H18N2O5/c1-27-11-10-23-18(14-7-4-5-9-22-14)17(20(25)21(23)26)19(24)16-12-13-6-2-3-8-15(13)28-16/h2-9,12,18,25H,10-11H2,1H3. The number of hydrogen-bond acceptors (Lipinski definition) is 6. The van der Waals surface area contributed by atoms with Crippen molar-refractivity contribution in [3.05, 3.63) is 77.5 Å². The second kappa shape index (κ2) is 7.28. The van der Waals surface area contributed by atoms with E-state index < -0.39 is 23.5 Å². The maximum Gasteiger partial charge on any atom is 0.290 e. The molecule has 0 radical (unpaired) electrons. The number of amides is 1. The van der Waals surface area contributed by atoms with E-state index in [2.05, 4.69) is 4.98 Å². The molecule has 0 spiro atoms. The Morgan fingerprint density at radius 3 is 2.75 bits per heavy atom. The van der Waals surface area contributed by atoms with E-state index in [4.69, 9.17) is 9.15 Å². The first-order valence-electron chi connectivity index (χ1n) is 8.79. The Balaban J connectivity index is 1.79. The smallest absolute Gasteiger partial charge is 0.290 e. The fraction of sp³-hybridized carbons (Fsp3) is 0.190. The maximum absolute atomic E-state index is 13.2. The van der Waals surface area contributed by atoms with Gasteiger partial charge in [-0.2, -0.15) is 0 Å². The van der Waals surface area contributed by atoms with Crippen molar-refractivity contribution in [3.63, 3.8) is 0 Å². The molecule has 0 fully saturated rings. The molecule has 0 saturated carbocycles. The van der Waals surface area contributed by atoms with E-state index in [1.165, 1.54) is 12.0 Å². The number of rotatable bonds is 6. The van der Waals surface area contributed by atoms with Crippen molar-refractivity contribution in [1.29, 1.82) is 0 Å². The van der Waals surface area contributed by atoms with Crippen LogP contribution in [0.15, 0.2) is 70.5 Å². The van der Waals surface area contributed by atoms with E-state index in [1.54, 1.807) is 42.6 Å². The molecule has 1 N–H and O–H groups in total. The third-order valence-electron chi connectivity index (χ3n) is 4.70. The van der Waals surface area contributed by atoms with E-state index in [9.17, 15) is 14.7 Å². The molecule has 28 heavy (non-hydrogen) atoms. The molecule has 1 amide bonds. The second-order valence-electron chi connectivity index (χ2n) is 6.39. The van der Waals surface area contributed by atoms with Crippen LogP contribution in [0.2, 0.25) is 0 Å². The Kier molecular flexibility index (Phi) is 4.67. The lowest BCUT2D eigenvalue weighted by Crippen LogP contribution is -2.34. The van der Waals surface area contributed by atoms with Gasteiger partial charge < -0.3 is 19.2 Å². The van der Waals surface area contributed by atoms with Gasteiger partial charge in [0.15, 0.2) is 11.5 Å². The lowest BCUT2D eigenvalue weighted by molar-refractivity contribution is -0.130. The number of aromatic nitrogens is 1. The molecule has 7 heteroatoms. The van der Waals surface area contributed by atoms with Gasteiger partial charge in [0.2, 0.25) is 5.78 Å².